The third kappa shape index (κ3) is 4.95. The van der Waals surface area contributed by atoms with E-state index in [2.05, 4.69) is 22.2 Å². The molecule has 2 heterocycles. The fourth-order valence-electron chi connectivity index (χ4n) is 3.74. The van der Waals surface area contributed by atoms with Crippen molar-refractivity contribution in [3.05, 3.63) is 53.1 Å². The van der Waals surface area contributed by atoms with Crippen LogP contribution in [-0.2, 0) is 6.54 Å². The summed E-state index contributed by atoms with van der Waals surface area (Å²) in [5.41, 5.74) is 2.41. The van der Waals surface area contributed by atoms with E-state index >= 15 is 0 Å². The van der Waals surface area contributed by atoms with Crippen LogP contribution in [0.15, 0.2) is 30.5 Å². The van der Waals surface area contributed by atoms with Gasteiger partial charge in [0.15, 0.2) is 0 Å². The van der Waals surface area contributed by atoms with Gasteiger partial charge in [0.25, 0.3) is 5.91 Å². The van der Waals surface area contributed by atoms with E-state index in [1.54, 1.807) is 0 Å². The minimum absolute atomic E-state index is 0.0563. The minimum atomic E-state index is -0.237. The Bertz CT molecular complexity index is 750. The molecule has 3 rings (SSSR count). The van der Waals surface area contributed by atoms with Crippen LogP contribution in [0, 0.1) is 12.7 Å². The molecular formula is C21H29FN4O. The predicted molar refractivity (Wildman–Crippen MR) is 104 cm³/mol. The van der Waals surface area contributed by atoms with Crippen LogP contribution in [0.4, 0.5) is 4.39 Å². The zero-order chi connectivity index (χ0) is 19.2. The number of carbonyl (C=O) groups excluding carboxylic acids is 1. The molecule has 0 radical (unpaired) electrons. The van der Waals surface area contributed by atoms with Gasteiger partial charge in [0.05, 0.1) is 17.3 Å². The number of carbonyl (C=O) groups is 1. The maximum atomic E-state index is 13.3. The number of aromatic nitrogens is 2. The lowest BCUT2D eigenvalue weighted by Gasteiger charge is -2.35. The van der Waals surface area contributed by atoms with Crippen molar-refractivity contribution in [2.45, 2.75) is 52.1 Å². The monoisotopic (exact) mass is 372 g/mol. The Balaban J connectivity index is 1.72. The van der Waals surface area contributed by atoms with Gasteiger partial charge in [-0.2, -0.15) is 5.10 Å². The number of benzene rings is 1. The molecule has 0 spiro atoms. The van der Waals surface area contributed by atoms with Crippen LogP contribution in [0.2, 0.25) is 0 Å². The number of piperidine rings is 1. The van der Waals surface area contributed by atoms with Crippen LogP contribution in [-0.4, -0.2) is 40.2 Å². The highest BCUT2D eigenvalue weighted by Crippen LogP contribution is 2.24. The van der Waals surface area contributed by atoms with Gasteiger partial charge >= 0.3 is 0 Å². The van der Waals surface area contributed by atoms with Crippen LogP contribution in [0.5, 0.6) is 0 Å². The summed E-state index contributed by atoms with van der Waals surface area (Å²) < 4.78 is 15.2. The minimum Gasteiger partial charge on any atom is -0.350 e. The van der Waals surface area contributed by atoms with E-state index in [-0.39, 0.29) is 17.8 Å². The molecule has 1 fully saturated rings. The second-order valence-corrected chi connectivity index (χ2v) is 7.27. The Morgan fingerprint density at radius 1 is 1.22 bits per heavy atom. The lowest BCUT2D eigenvalue weighted by molar-refractivity contribution is 0.0923. The summed E-state index contributed by atoms with van der Waals surface area (Å²) in [6, 6.07) is 6.69. The van der Waals surface area contributed by atoms with Crippen molar-refractivity contribution in [3.63, 3.8) is 0 Å². The molecule has 6 heteroatoms. The topological polar surface area (TPSA) is 50.2 Å². The molecule has 1 aromatic heterocycles. The van der Waals surface area contributed by atoms with E-state index < -0.39 is 0 Å². The summed E-state index contributed by atoms with van der Waals surface area (Å²) >= 11 is 0. The Morgan fingerprint density at radius 3 is 2.59 bits per heavy atom. The van der Waals surface area contributed by atoms with Crippen molar-refractivity contribution in [3.8, 4) is 0 Å². The van der Waals surface area contributed by atoms with Crippen LogP contribution in [0.25, 0.3) is 0 Å². The van der Waals surface area contributed by atoms with Crippen LogP contribution < -0.4 is 5.32 Å². The molecule has 27 heavy (non-hydrogen) atoms. The third-order valence-electron chi connectivity index (χ3n) is 5.19. The van der Waals surface area contributed by atoms with E-state index in [4.69, 9.17) is 0 Å². The standard InChI is InChI=1S/C21H29FN4O/c1-3-11-26-15-19(16(2)24-26)21(27)23-14-20(25-12-5-4-6-13-25)17-7-9-18(22)10-8-17/h7-10,15,20H,3-6,11-14H2,1-2H3,(H,23,27)/t20-/m1/s1. The number of likely N-dealkylation sites (tertiary alicyclic amines) is 1. The third-order valence-corrected chi connectivity index (χ3v) is 5.19. The summed E-state index contributed by atoms with van der Waals surface area (Å²) in [7, 11) is 0. The maximum absolute atomic E-state index is 13.3. The van der Waals surface area contributed by atoms with Gasteiger partial charge in [0.2, 0.25) is 0 Å². The van der Waals surface area contributed by atoms with Crippen LogP contribution >= 0.6 is 0 Å². The molecule has 1 atom stereocenters. The molecule has 5 nitrogen and oxygen atoms in total. The second kappa shape index (κ2) is 9.13. The van der Waals surface area contributed by atoms with E-state index in [9.17, 15) is 9.18 Å². The fourth-order valence-corrected chi connectivity index (χ4v) is 3.74. The summed E-state index contributed by atoms with van der Waals surface area (Å²) in [4.78, 5) is 15.1. The lowest BCUT2D eigenvalue weighted by Crippen LogP contribution is -2.40. The molecule has 1 aromatic carbocycles. The van der Waals surface area contributed by atoms with Gasteiger partial charge in [-0.25, -0.2) is 4.39 Å². The number of halogens is 1. The zero-order valence-electron chi connectivity index (χ0n) is 16.2. The molecule has 2 aromatic rings. The summed E-state index contributed by atoms with van der Waals surface area (Å²) in [6.45, 7) is 7.27. The highest BCUT2D eigenvalue weighted by atomic mass is 19.1. The van der Waals surface area contributed by atoms with Gasteiger partial charge < -0.3 is 5.32 Å². The van der Waals surface area contributed by atoms with E-state index in [0.29, 0.717) is 12.1 Å². The highest BCUT2D eigenvalue weighted by molar-refractivity contribution is 5.95. The Kier molecular flexibility index (Phi) is 6.61. The van der Waals surface area contributed by atoms with Gasteiger partial charge in [0, 0.05) is 19.3 Å². The van der Waals surface area contributed by atoms with E-state index in [1.165, 1.54) is 18.6 Å². The molecular weight excluding hydrogens is 343 g/mol. The van der Waals surface area contributed by atoms with Gasteiger partial charge in [-0.3, -0.25) is 14.4 Å². The smallest absolute Gasteiger partial charge is 0.254 e. The van der Waals surface area contributed by atoms with Gasteiger partial charge in [-0.1, -0.05) is 25.5 Å². The van der Waals surface area contributed by atoms with Crippen molar-refractivity contribution >= 4 is 5.91 Å². The van der Waals surface area contributed by atoms with Gasteiger partial charge in [-0.05, 0) is 57.0 Å². The number of amides is 1. The van der Waals surface area contributed by atoms with Crippen LogP contribution in [0.1, 0.15) is 60.3 Å². The molecule has 1 aliphatic heterocycles. The summed E-state index contributed by atoms with van der Waals surface area (Å²) in [6.07, 6.45) is 6.36. The average Bonchev–Trinajstić information content (AvgIpc) is 3.05. The second-order valence-electron chi connectivity index (χ2n) is 7.27. The van der Waals surface area contributed by atoms with Gasteiger partial charge in [0.1, 0.15) is 5.82 Å². The molecule has 1 aliphatic rings. The number of hydrogen-bond donors (Lipinski definition) is 1. The number of nitrogens with one attached hydrogen (secondary N) is 1. The SMILES string of the molecule is CCCn1cc(C(=O)NC[C@H](c2ccc(F)cc2)N2CCCCC2)c(C)n1. The molecule has 1 N–H and O–H groups in total. The van der Waals surface area contributed by atoms with Crippen molar-refractivity contribution in [2.24, 2.45) is 0 Å². The molecule has 146 valence electrons. The number of nitrogens with zero attached hydrogens (tertiary/aromatic N) is 3. The highest BCUT2D eigenvalue weighted by Gasteiger charge is 2.24. The van der Waals surface area contributed by atoms with E-state index in [0.717, 1.165) is 50.2 Å². The van der Waals surface area contributed by atoms with E-state index in [1.807, 2.05) is 29.9 Å². The van der Waals surface area contributed by atoms with Crippen LogP contribution in [0.3, 0.4) is 0 Å². The molecule has 0 aliphatic carbocycles. The predicted octanol–water partition coefficient (Wildman–Crippen LogP) is 3.70. The molecule has 0 saturated carbocycles. The first-order valence-electron chi connectivity index (χ1n) is 9.90. The first-order chi connectivity index (χ1) is 13.1. The summed E-state index contributed by atoms with van der Waals surface area (Å²) in [5, 5.41) is 7.49. The molecule has 1 saturated heterocycles. The first kappa shape index (κ1) is 19.5. The average molecular weight is 372 g/mol. The first-order valence-corrected chi connectivity index (χ1v) is 9.90. The summed E-state index contributed by atoms with van der Waals surface area (Å²) in [5.74, 6) is -0.335. The van der Waals surface area contributed by atoms with Crippen molar-refractivity contribution in [2.75, 3.05) is 19.6 Å². The number of rotatable bonds is 7. The maximum Gasteiger partial charge on any atom is 0.254 e. The molecule has 1 amide bonds. The number of aryl methyl sites for hydroxylation is 2. The fraction of sp³-hybridized carbons (Fsp3) is 0.524. The number of hydrogen-bond acceptors (Lipinski definition) is 3. The van der Waals surface area contributed by atoms with Gasteiger partial charge in [-0.15, -0.1) is 0 Å². The Hall–Kier alpha value is -2.21. The zero-order valence-corrected chi connectivity index (χ0v) is 16.2. The Labute approximate surface area is 160 Å². The normalized spacial score (nSPS) is 16.3. The quantitative estimate of drug-likeness (QED) is 0.806. The van der Waals surface area contributed by atoms with Crippen molar-refractivity contribution in [1.29, 1.82) is 0 Å². The van der Waals surface area contributed by atoms with Crippen molar-refractivity contribution < 1.29 is 9.18 Å². The van der Waals surface area contributed by atoms with Crippen molar-refractivity contribution in [1.82, 2.24) is 20.0 Å². The molecule has 0 bridgehead atoms. The largest absolute Gasteiger partial charge is 0.350 e. The lowest BCUT2D eigenvalue weighted by atomic mass is 10.0. The molecule has 0 unspecified atom stereocenters. The Morgan fingerprint density at radius 2 is 1.93 bits per heavy atom.